The smallest absolute Gasteiger partial charge is 0.0586 e. The molecule has 0 bridgehead atoms. The number of hydrogen-bond donors (Lipinski definition) is 1. The number of piperidine rings is 1. The molecule has 0 aromatic heterocycles. The Labute approximate surface area is 116 Å². The molecule has 0 amide bonds. The number of nitrogens with two attached hydrogens (primary N) is 1. The number of methoxy groups -OCH3 is 1. The van der Waals surface area contributed by atoms with Crippen molar-refractivity contribution in [3.05, 3.63) is 0 Å². The zero-order valence-corrected chi connectivity index (χ0v) is 12.7. The van der Waals surface area contributed by atoms with Crippen molar-refractivity contribution < 1.29 is 4.74 Å². The molecule has 1 aliphatic heterocycles. The van der Waals surface area contributed by atoms with Crippen LogP contribution < -0.4 is 5.73 Å². The van der Waals surface area contributed by atoms with Crippen molar-refractivity contribution in [3.8, 4) is 0 Å². The molecular weight excluding hydrogens is 244 g/mol. The number of thioether (sulfide) groups is 1. The standard InChI is InChI=1S/C14H28N2OS/c1-17-13-5-3-4-12(10-13)16-8-6-14(11-15,18-2)7-9-16/h12-13H,3-11,15H2,1-2H3. The van der Waals surface area contributed by atoms with Gasteiger partial charge in [0.25, 0.3) is 0 Å². The van der Waals surface area contributed by atoms with Crippen LogP contribution in [0.5, 0.6) is 0 Å². The Morgan fingerprint density at radius 3 is 2.61 bits per heavy atom. The first-order chi connectivity index (χ1) is 8.73. The third-order valence-electron chi connectivity index (χ3n) is 4.96. The maximum atomic E-state index is 5.96. The number of ether oxygens (including phenoxy) is 1. The monoisotopic (exact) mass is 272 g/mol. The molecule has 0 aromatic rings. The van der Waals surface area contributed by atoms with Crippen molar-refractivity contribution in [2.75, 3.05) is 33.0 Å². The molecule has 2 aliphatic rings. The van der Waals surface area contributed by atoms with Crippen LogP contribution in [0.25, 0.3) is 0 Å². The highest BCUT2D eigenvalue weighted by Crippen LogP contribution is 2.36. The summed E-state index contributed by atoms with van der Waals surface area (Å²) in [5, 5.41) is 0. The van der Waals surface area contributed by atoms with Crippen LogP contribution in [0.3, 0.4) is 0 Å². The minimum Gasteiger partial charge on any atom is -0.381 e. The summed E-state index contributed by atoms with van der Waals surface area (Å²) in [4.78, 5) is 2.69. The fraction of sp³-hybridized carbons (Fsp3) is 1.00. The van der Waals surface area contributed by atoms with E-state index in [0.29, 0.717) is 10.9 Å². The van der Waals surface area contributed by atoms with Gasteiger partial charge in [-0.15, -0.1) is 0 Å². The first kappa shape index (κ1) is 14.6. The van der Waals surface area contributed by atoms with Gasteiger partial charge in [0.1, 0.15) is 0 Å². The van der Waals surface area contributed by atoms with Crippen molar-refractivity contribution in [1.82, 2.24) is 4.90 Å². The molecule has 106 valence electrons. The third kappa shape index (κ3) is 3.21. The van der Waals surface area contributed by atoms with Crippen LogP contribution in [0.1, 0.15) is 38.5 Å². The van der Waals surface area contributed by atoms with Gasteiger partial charge in [-0.3, -0.25) is 0 Å². The normalized spacial score (nSPS) is 33.5. The van der Waals surface area contributed by atoms with Gasteiger partial charge < -0.3 is 15.4 Å². The first-order valence-electron chi connectivity index (χ1n) is 7.25. The summed E-state index contributed by atoms with van der Waals surface area (Å²) in [6.07, 6.45) is 10.4. The van der Waals surface area contributed by atoms with Crippen molar-refractivity contribution in [3.63, 3.8) is 0 Å². The van der Waals surface area contributed by atoms with Gasteiger partial charge in [-0.2, -0.15) is 11.8 Å². The first-order valence-corrected chi connectivity index (χ1v) is 8.47. The Morgan fingerprint density at radius 1 is 1.33 bits per heavy atom. The lowest BCUT2D eigenvalue weighted by molar-refractivity contribution is 0.0200. The predicted molar refractivity (Wildman–Crippen MR) is 79.2 cm³/mol. The van der Waals surface area contributed by atoms with Crippen LogP contribution in [0.2, 0.25) is 0 Å². The van der Waals surface area contributed by atoms with Gasteiger partial charge in [-0.1, -0.05) is 0 Å². The van der Waals surface area contributed by atoms with E-state index in [1.165, 1.54) is 51.6 Å². The van der Waals surface area contributed by atoms with Crippen LogP contribution >= 0.6 is 11.8 Å². The molecule has 4 heteroatoms. The van der Waals surface area contributed by atoms with E-state index in [2.05, 4.69) is 11.2 Å². The second-order valence-corrected chi connectivity index (χ2v) is 7.08. The number of likely N-dealkylation sites (tertiary alicyclic amines) is 1. The topological polar surface area (TPSA) is 38.5 Å². The molecule has 3 nitrogen and oxygen atoms in total. The highest BCUT2D eigenvalue weighted by Gasteiger charge is 2.36. The van der Waals surface area contributed by atoms with Gasteiger partial charge in [-0.25, -0.2) is 0 Å². The highest BCUT2D eigenvalue weighted by molar-refractivity contribution is 8.00. The van der Waals surface area contributed by atoms with E-state index in [4.69, 9.17) is 10.5 Å². The fourth-order valence-corrected chi connectivity index (χ4v) is 4.21. The van der Waals surface area contributed by atoms with E-state index in [1.807, 2.05) is 18.9 Å². The molecule has 1 aliphatic carbocycles. The number of hydrogen-bond acceptors (Lipinski definition) is 4. The van der Waals surface area contributed by atoms with E-state index in [0.717, 1.165) is 12.6 Å². The van der Waals surface area contributed by atoms with E-state index in [9.17, 15) is 0 Å². The molecule has 2 atom stereocenters. The average molecular weight is 272 g/mol. The van der Waals surface area contributed by atoms with Crippen molar-refractivity contribution >= 4 is 11.8 Å². The molecule has 18 heavy (non-hydrogen) atoms. The lowest BCUT2D eigenvalue weighted by Crippen LogP contribution is -2.51. The highest BCUT2D eigenvalue weighted by atomic mass is 32.2. The minimum absolute atomic E-state index is 0.353. The lowest BCUT2D eigenvalue weighted by Gasteiger charge is -2.45. The Balaban J connectivity index is 1.85. The van der Waals surface area contributed by atoms with E-state index in [1.54, 1.807) is 0 Å². The molecule has 1 saturated heterocycles. The summed E-state index contributed by atoms with van der Waals surface area (Å²) in [7, 11) is 1.86. The van der Waals surface area contributed by atoms with Gasteiger partial charge in [0.2, 0.25) is 0 Å². The number of rotatable bonds is 4. The molecule has 0 radical (unpaired) electrons. The quantitative estimate of drug-likeness (QED) is 0.850. The Hall–Kier alpha value is 0.230. The Bertz CT molecular complexity index is 248. The lowest BCUT2D eigenvalue weighted by atomic mass is 9.88. The van der Waals surface area contributed by atoms with Crippen LogP contribution in [0.15, 0.2) is 0 Å². The summed E-state index contributed by atoms with van der Waals surface area (Å²) in [5.41, 5.74) is 5.96. The molecular formula is C14H28N2OS. The van der Waals surface area contributed by atoms with Crippen molar-refractivity contribution in [1.29, 1.82) is 0 Å². The van der Waals surface area contributed by atoms with Gasteiger partial charge in [-0.05, 0) is 57.9 Å². The van der Waals surface area contributed by atoms with Gasteiger partial charge >= 0.3 is 0 Å². The number of nitrogens with zero attached hydrogens (tertiary/aromatic N) is 1. The van der Waals surface area contributed by atoms with Gasteiger partial charge in [0.05, 0.1) is 6.10 Å². The van der Waals surface area contributed by atoms with E-state index >= 15 is 0 Å². The fourth-order valence-electron chi connectivity index (χ4n) is 3.45. The molecule has 1 heterocycles. The van der Waals surface area contributed by atoms with Crippen LogP contribution in [0, 0.1) is 0 Å². The van der Waals surface area contributed by atoms with Crippen LogP contribution in [-0.2, 0) is 4.74 Å². The zero-order valence-electron chi connectivity index (χ0n) is 11.9. The second-order valence-electron chi connectivity index (χ2n) is 5.81. The molecule has 2 N–H and O–H groups in total. The van der Waals surface area contributed by atoms with Gasteiger partial charge in [0, 0.05) is 24.4 Å². The summed E-state index contributed by atoms with van der Waals surface area (Å²) < 4.78 is 5.90. The SMILES string of the molecule is COC1CCCC(N2CCC(CN)(SC)CC2)C1. The van der Waals surface area contributed by atoms with E-state index in [-0.39, 0.29) is 0 Å². The molecule has 2 fully saturated rings. The maximum Gasteiger partial charge on any atom is 0.0586 e. The summed E-state index contributed by atoms with van der Waals surface area (Å²) >= 11 is 1.97. The maximum absolute atomic E-state index is 5.96. The third-order valence-corrected chi connectivity index (χ3v) is 6.40. The Morgan fingerprint density at radius 2 is 2.06 bits per heavy atom. The van der Waals surface area contributed by atoms with Crippen LogP contribution in [-0.4, -0.2) is 54.8 Å². The van der Waals surface area contributed by atoms with Crippen LogP contribution in [0.4, 0.5) is 0 Å². The van der Waals surface area contributed by atoms with Crippen molar-refractivity contribution in [2.45, 2.75) is 55.4 Å². The molecule has 0 spiro atoms. The zero-order chi connectivity index (χ0) is 13.0. The predicted octanol–water partition coefficient (Wildman–Crippen LogP) is 2.10. The summed E-state index contributed by atoms with van der Waals surface area (Å²) in [5.74, 6) is 0. The van der Waals surface area contributed by atoms with Crippen molar-refractivity contribution in [2.24, 2.45) is 5.73 Å². The Kier molecular flexibility index (Phi) is 5.36. The molecule has 2 rings (SSSR count). The second kappa shape index (κ2) is 6.60. The van der Waals surface area contributed by atoms with Gasteiger partial charge in [0.15, 0.2) is 0 Å². The molecule has 2 unspecified atom stereocenters. The molecule has 1 saturated carbocycles. The van der Waals surface area contributed by atoms with E-state index < -0.39 is 0 Å². The average Bonchev–Trinajstić information content (AvgIpc) is 2.47. The minimum atomic E-state index is 0.353. The largest absolute Gasteiger partial charge is 0.381 e. The summed E-state index contributed by atoms with van der Waals surface area (Å²) in [6.45, 7) is 3.27. The summed E-state index contributed by atoms with van der Waals surface area (Å²) in [6, 6.07) is 0.751. The molecule has 0 aromatic carbocycles.